The van der Waals surface area contributed by atoms with Crippen LogP contribution in [-0.4, -0.2) is 94.0 Å². The second-order valence-corrected chi connectivity index (χ2v) is 10.5. The number of nitrogens with zero attached hydrogens (tertiary/aromatic N) is 7. The van der Waals surface area contributed by atoms with E-state index >= 15 is 0 Å². The van der Waals surface area contributed by atoms with Crippen LogP contribution in [0.3, 0.4) is 0 Å². The second kappa shape index (κ2) is 11.6. The molecule has 0 radical (unpaired) electrons. The molecule has 5 rings (SSSR count). The fraction of sp³-hybridized carbons (Fsp3) is 0.571. The van der Waals surface area contributed by atoms with E-state index in [9.17, 15) is 4.79 Å². The second-order valence-electron chi connectivity index (χ2n) is 10.5. The average Bonchev–Trinajstić information content (AvgIpc) is 3.35. The molecule has 1 amide bonds. The molecule has 0 N–H and O–H groups in total. The Kier molecular flexibility index (Phi) is 7.97. The number of carbonyl (C=O) groups excluding carboxylic acids is 1. The first-order valence-corrected chi connectivity index (χ1v) is 13.7. The number of anilines is 1. The zero-order valence-electron chi connectivity index (χ0n) is 22.9. The molecule has 2 aliphatic rings. The number of piperazine rings is 1. The first-order chi connectivity index (χ1) is 18.4. The molecule has 3 aromatic rings. The molecule has 204 valence electrons. The van der Waals surface area contributed by atoms with Crippen molar-refractivity contribution in [3.8, 4) is 11.8 Å². The predicted octanol–water partition coefficient (Wildman–Crippen LogP) is 3.23. The highest BCUT2D eigenvalue weighted by molar-refractivity contribution is 5.73. The van der Waals surface area contributed by atoms with Crippen molar-refractivity contribution >= 4 is 17.4 Å². The highest BCUT2D eigenvalue weighted by atomic mass is 16.5. The van der Waals surface area contributed by atoms with E-state index in [0.717, 1.165) is 63.6 Å². The average molecular weight is 522 g/mol. The zero-order chi connectivity index (χ0) is 26.6. The number of carbonyl (C=O) groups is 1. The summed E-state index contributed by atoms with van der Waals surface area (Å²) in [6, 6.07) is 13.7. The van der Waals surface area contributed by atoms with Crippen LogP contribution in [0, 0.1) is 0 Å². The summed E-state index contributed by atoms with van der Waals surface area (Å²) in [5.41, 5.74) is 2.05. The maximum atomic E-state index is 11.7. The molecule has 2 aromatic heterocycles. The molecular weight excluding hydrogens is 482 g/mol. The summed E-state index contributed by atoms with van der Waals surface area (Å²) < 4.78 is 13.0. The van der Waals surface area contributed by atoms with Crippen LogP contribution in [0.15, 0.2) is 36.4 Å². The number of benzene rings is 1. The van der Waals surface area contributed by atoms with Crippen LogP contribution in [0.1, 0.15) is 51.5 Å². The van der Waals surface area contributed by atoms with E-state index in [0.29, 0.717) is 36.3 Å². The molecule has 2 aliphatic heterocycles. The number of methoxy groups -OCH3 is 1. The maximum absolute atomic E-state index is 11.7. The summed E-state index contributed by atoms with van der Waals surface area (Å²) >= 11 is 0. The van der Waals surface area contributed by atoms with Gasteiger partial charge in [-0.15, -0.1) is 10.2 Å². The Morgan fingerprint density at radius 2 is 1.71 bits per heavy atom. The number of ether oxygens (including phenoxy) is 2. The van der Waals surface area contributed by atoms with Gasteiger partial charge in [-0.2, -0.15) is 4.52 Å². The molecule has 0 saturated carbocycles. The zero-order valence-corrected chi connectivity index (χ0v) is 22.9. The molecule has 38 heavy (non-hydrogen) atoms. The molecular formula is C28H39N7O3. The topological polar surface area (TPSA) is 88.3 Å². The summed E-state index contributed by atoms with van der Waals surface area (Å²) in [5.74, 6) is 2.55. The minimum Gasteiger partial charge on any atom is -0.494 e. The molecule has 10 heteroatoms. The first kappa shape index (κ1) is 26.2. The molecule has 1 aromatic carbocycles. The molecule has 0 aliphatic carbocycles. The van der Waals surface area contributed by atoms with Crippen LogP contribution < -0.4 is 14.4 Å². The third kappa shape index (κ3) is 5.70. The van der Waals surface area contributed by atoms with E-state index in [2.05, 4.69) is 63.2 Å². The van der Waals surface area contributed by atoms with Gasteiger partial charge in [0.15, 0.2) is 5.65 Å². The van der Waals surface area contributed by atoms with Crippen molar-refractivity contribution in [1.82, 2.24) is 29.6 Å². The number of fused-ring (bicyclic) bond motifs is 1. The van der Waals surface area contributed by atoms with Crippen molar-refractivity contribution in [2.24, 2.45) is 0 Å². The molecule has 2 atom stereocenters. The third-order valence-corrected chi connectivity index (χ3v) is 7.95. The third-order valence-electron chi connectivity index (χ3n) is 7.95. The Labute approximate surface area is 224 Å². The summed E-state index contributed by atoms with van der Waals surface area (Å²) in [6.07, 6.45) is 3.12. The Morgan fingerprint density at radius 3 is 2.37 bits per heavy atom. The van der Waals surface area contributed by atoms with Gasteiger partial charge >= 0.3 is 6.01 Å². The lowest BCUT2D eigenvalue weighted by Gasteiger charge is -2.44. The standard InChI is InChI=1S/C28H39N7O3/c1-20-18-33(22(3)36)19-21(2)34(20)14-5-17-38-25-8-6-23(7-9-25)24-12-15-32(16-13-24)27-11-10-26-29-30-28(37-4)35(26)31-27/h6-11,20-21,24H,5,12-19H2,1-4H3. The number of aromatic nitrogens is 4. The summed E-state index contributed by atoms with van der Waals surface area (Å²) in [7, 11) is 1.58. The van der Waals surface area contributed by atoms with Gasteiger partial charge in [-0.1, -0.05) is 17.2 Å². The maximum Gasteiger partial charge on any atom is 0.338 e. The van der Waals surface area contributed by atoms with E-state index in [1.807, 2.05) is 17.0 Å². The highest BCUT2D eigenvalue weighted by Gasteiger charge is 2.30. The lowest BCUT2D eigenvalue weighted by molar-refractivity contribution is -0.133. The lowest BCUT2D eigenvalue weighted by Crippen LogP contribution is -2.57. The van der Waals surface area contributed by atoms with Crippen molar-refractivity contribution in [2.45, 2.75) is 58.0 Å². The van der Waals surface area contributed by atoms with Crippen LogP contribution in [0.5, 0.6) is 11.8 Å². The van der Waals surface area contributed by atoms with Gasteiger partial charge in [0.25, 0.3) is 0 Å². The van der Waals surface area contributed by atoms with Gasteiger partial charge < -0.3 is 19.3 Å². The quantitative estimate of drug-likeness (QED) is 0.418. The molecule has 0 bridgehead atoms. The number of piperidine rings is 1. The molecule has 2 fully saturated rings. The summed E-state index contributed by atoms with van der Waals surface area (Å²) in [6.45, 7) is 11.3. The molecule has 2 saturated heterocycles. The highest BCUT2D eigenvalue weighted by Crippen LogP contribution is 2.31. The van der Waals surface area contributed by atoms with Crippen molar-refractivity contribution in [1.29, 1.82) is 0 Å². The fourth-order valence-electron chi connectivity index (χ4n) is 5.83. The van der Waals surface area contributed by atoms with E-state index < -0.39 is 0 Å². The van der Waals surface area contributed by atoms with Crippen LogP contribution in [-0.2, 0) is 4.79 Å². The smallest absolute Gasteiger partial charge is 0.338 e. The summed E-state index contributed by atoms with van der Waals surface area (Å²) in [4.78, 5) is 18.5. The Morgan fingerprint density at radius 1 is 1.00 bits per heavy atom. The monoisotopic (exact) mass is 521 g/mol. The van der Waals surface area contributed by atoms with E-state index in [1.165, 1.54) is 5.56 Å². The summed E-state index contributed by atoms with van der Waals surface area (Å²) in [5, 5.41) is 12.8. The molecule has 10 nitrogen and oxygen atoms in total. The van der Waals surface area contributed by atoms with Crippen LogP contribution in [0.2, 0.25) is 0 Å². The first-order valence-electron chi connectivity index (χ1n) is 13.7. The van der Waals surface area contributed by atoms with Crippen LogP contribution in [0.4, 0.5) is 5.82 Å². The van der Waals surface area contributed by atoms with Crippen LogP contribution in [0.25, 0.3) is 5.65 Å². The van der Waals surface area contributed by atoms with Gasteiger partial charge in [0.2, 0.25) is 5.91 Å². The predicted molar refractivity (Wildman–Crippen MR) is 146 cm³/mol. The van der Waals surface area contributed by atoms with Gasteiger partial charge in [-0.3, -0.25) is 9.69 Å². The van der Waals surface area contributed by atoms with Crippen molar-refractivity contribution in [3.63, 3.8) is 0 Å². The van der Waals surface area contributed by atoms with Crippen molar-refractivity contribution in [2.75, 3.05) is 51.3 Å². The molecule has 4 heterocycles. The number of amides is 1. The van der Waals surface area contributed by atoms with Crippen molar-refractivity contribution in [3.05, 3.63) is 42.0 Å². The lowest BCUT2D eigenvalue weighted by atomic mass is 9.89. The largest absolute Gasteiger partial charge is 0.494 e. The van der Waals surface area contributed by atoms with E-state index in [1.54, 1.807) is 18.5 Å². The number of hydrogen-bond acceptors (Lipinski definition) is 8. The normalized spacial score (nSPS) is 21.2. The molecule has 2 unspecified atom stereocenters. The van der Waals surface area contributed by atoms with E-state index in [4.69, 9.17) is 9.47 Å². The fourth-order valence-corrected chi connectivity index (χ4v) is 5.83. The van der Waals surface area contributed by atoms with Gasteiger partial charge in [-0.05, 0) is 68.9 Å². The van der Waals surface area contributed by atoms with Gasteiger partial charge in [0.1, 0.15) is 11.6 Å². The number of hydrogen-bond donors (Lipinski definition) is 0. The minimum atomic E-state index is 0.170. The Balaban J connectivity index is 1.07. The molecule has 0 spiro atoms. The Bertz CT molecular complexity index is 1210. The SMILES string of the molecule is COc1nnc2ccc(N3CCC(c4ccc(OCCCN5C(C)CN(C(C)=O)CC5C)cc4)CC3)nn12. The Hall–Kier alpha value is -3.40. The van der Waals surface area contributed by atoms with Crippen molar-refractivity contribution < 1.29 is 14.3 Å². The van der Waals surface area contributed by atoms with Crippen LogP contribution >= 0.6 is 0 Å². The minimum absolute atomic E-state index is 0.170. The van der Waals surface area contributed by atoms with E-state index in [-0.39, 0.29) is 5.91 Å². The number of rotatable bonds is 8. The van der Waals surface area contributed by atoms with Gasteiger partial charge in [-0.25, -0.2) is 0 Å². The van der Waals surface area contributed by atoms with Gasteiger partial charge in [0, 0.05) is 51.7 Å². The van der Waals surface area contributed by atoms with Gasteiger partial charge in [0.05, 0.1) is 13.7 Å².